The zero-order valence-electron chi connectivity index (χ0n) is 13.8. The van der Waals surface area contributed by atoms with Gasteiger partial charge >= 0.3 is 0 Å². The molecule has 0 aliphatic heterocycles. The molecular weight excluding hydrogens is 443 g/mol. The molecule has 10 heteroatoms. The number of anilines is 2. The second-order valence-electron chi connectivity index (χ2n) is 5.73. The molecule has 1 N–H and O–H groups in total. The highest BCUT2D eigenvalue weighted by atomic mass is 35.5. The van der Waals surface area contributed by atoms with Crippen LogP contribution in [0.4, 0.5) is 17.2 Å². The number of nitro groups is 1. The lowest BCUT2D eigenvalue weighted by Gasteiger charge is -2.11. The van der Waals surface area contributed by atoms with Crippen LogP contribution in [0.3, 0.4) is 0 Å². The average Bonchev–Trinajstić information content (AvgIpc) is 3.11. The van der Waals surface area contributed by atoms with Crippen LogP contribution >= 0.6 is 46.1 Å². The molecule has 0 amide bonds. The van der Waals surface area contributed by atoms with Crippen molar-refractivity contribution < 1.29 is 4.92 Å². The number of nitrogens with zero attached hydrogens (tertiary/aromatic N) is 3. The average molecular weight is 452 g/mol. The van der Waals surface area contributed by atoms with Crippen LogP contribution in [-0.2, 0) is 0 Å². The molecule has 2 heterocycles. The van der Waals surface area contributed by atoms with Crippen molar-refractivity contribution in [3.63, 3.8) is 0 Å². The third-order valence-corrected chi connectivity index (χ3v) is 5.92. The van der Waals surface area contributed by atoms with E-state index in [1.165, 1.54) is 29.8 Å². The Balaban J connectivity index is 1.85. The minimum Gasteiger partial charge on any atom is -0.338 e. The maximum atomic E-state index is 11.1. The van der Waals surface area contributed by atoms with E-state index in [2.05, 4.69) is 15.3 Å². The summed E-state index contributed by atoms with van der Waals surface area (Å²) in [6, 6.07) is 9.57. The number of benzene rings is 2. The van der Waals surface area contributed by atoms with Crippen molar-refractivity contribution >= 4 is 73.5 Å². The van der Waals surface area contributed by atoms with Crippen LogP contribution in [0.2, 0.25) is 15.1 Å². The third kappa shape index (κ3) is 3.49. The summed E-state index contributed by atoms with van der Waals surface area (Å²) < 4.78 is 0. The van der Waals surface area contributed by atoms with Crippen molar-refractivity contribution in [2.75, 3.05) is 5.32 Å². The first kappa shape index (κ1) is 18.9. The minimum absolute atomic E-state index is 0.00994. The summed E-state index contributed by atoms with van der Waals surface area (Å²) in [5.74, 6) is 0.507. The molecule has 0 aliphatic rings. The summed E-state index contributed by atoms with van der Waals surface area (Å²) in [4.78, 5) is 20.1. The van der Waals surface area contributed by atoms with Gasteiger partial charge in [0.1, 0.15) is 17.0 Å². The van der Waals surface area contributed by atoms with Gasteiger partial charge in [-0.25, -0.2) is 9.97 Å². The van der Waals surface area contributed by atoms with Gasteiger partial charge in [0, 0.05) is 23.1 Å². The predicted molar refractivity (Wildman–Crippen MR) is 114 cm³/mol. The number of hydrogen-bond acceptors (Lipinski definition) is 6. The Morgan fingerprint density at radius 1 is 1.04 bits per heavy atom. The van der Waals surface area contributed by atoms with Crippen molar-refractivity contribution in [1.82, 2.24) is 9.97 Å². The van der Waals surface area contributed by atoms with Crippen molar-refractivity contribution in [3.05, 3.63) is 73.3 Å². The van der Waals surface area contributed by atoms with Crippen LogP contribution in [-0.4, -0.2) is 14.9 Å². The van der Waals surface area contributed by atoms with Gasteiger partial charge in [-0.2, -0.15) is 0 Å². The van der Waals surface area contributed by atoms with Gasteiger partial charge < -0.3 is 5.32 Å². The highest BCUT2D eigenvalue weighted by Gasteiger charge is 2.16. The minimum atomic E-state index is -0.427. The Bertz CT molecular complexity index is 1230. The van der Waals surface area contributed by atoms with Gasteiger partial charge in [0.2, 0.25) is 0 Å². The molecule has 0 atom stereocenters. The maximum absolute atomic E-state index is 11.1. The number of hydrogen-bond donors (Lipinski definition) is 1. The molecule has 0 radical (unpaired) electrons. The molecule has 2 aromatic carbocycles. The molecule has 140 valence electrons. The van der Waals surface area contributed by atoms with E-state index >= 15 is 0 Å². The molecular formula is C18H9Cl3N4O2S. The van der Waals surface area contributed by atoms with Gasteiger partial charge in [0.25, 0.3) is 5.69 Å². The Labute approximate surface area is 177 Å². The van der Waals surface area contributed by atoms with Crippen LogP contribution in [0, 0.1) is 10.1 Å². The first-order valence-corrected chi connectivity index (χ1v) is 9.84. The molecule has 4 aromatic rings. The van der Waals surface area contributed by atoms with Crippen LogP contribution in [0.15, 0.2) is 48.1 Å². The number of non-ortho nitro benzene ring substituents is 1. The van der Waals surface area contributed by atoms with Gasteiger partial charge in [-0.3, -0.25) is 10.1 Å². The van der Waals surface area contributed by atoms with Crippen molar-refractivity contribution in [2.45, 2.75) is 0 Å². The van der Waals surface area contributed by atoms with Crippen LogP contribution in [0.25, 0.3) is 21.3 Å². The lowest BCUT2D eigenvalue weighted by Crippen LogP contribution is -1.96. The first-order valence-electron chi connectivity index (χ1n) is 7.82. The number of aromatic nitrogens is 2. The molecule has 0 aliphatic carbocycles. The fourth-order valence-electron chi connectivity index (χ4n) is 2.72. The summed E-state index contributed by atoms with van der Waals surface area (Å²) in [7, 11) is 0. The number of halogens is 3. The molecule has 6 nitrogen and oxygen atoms in total. The fourth-order valence-corrected chi connectivity index (χ4v) is 4.23. The van der Waals surface area contributed by atoms with Gasteiger partial charge in [0.05, 0.1) is 31.1 Å². The normalized spacial score (nSPS) is 11.0. The molecule has 2 aromatic heterocycles. The zero-order valence-corrected chi connectivity index (χ0v) is 16.9. The van der Waals surface area contributed by atoms with E-state index in [0.717, 1.165) is 15.8 Å². The van der Waals surface area contributed by atoms with Crippen LogP contribution in [0.1, 0.15) is 0 Å². The Morgan fingerprint density at radius 3 is 2.61 bits per heavy atom. The molecule has 0 bridgehead atoms. The van der Waals surface area contributed by atoms with Crippen LogP contribution < -0.4 is 5.32 Å². The van der Waals surface area contributed by atoms with E-state index in [0.29, 0.717) is 32.1 Å². The van der Waals surface area contributed by atoms with Gasteiger partial charge in [-0.1, -0.05) is 46.9 Å². The third-order valence-electron chi connectivity index (χ3n) is 4.00. The zero-order chi connectivity index (χ0) is 19.8. The quantitative estimate of drug-likeness (QED) is 0.206. The number of rotatable bonds is 4. The van der Waals surface area contributed by atoms with Gasteiger partial charge in [-0.15, -0.1) is 11.3 Å². The Hall–Kier alpha value is -2.45. The van der Waals surface area contributed by atoms with Crippen LogP contribution in [0.5, 0.6) is 0 Å². The highest BCUT2D eigenvalue weighted by molar-refractivity contribution is 7.17. The number of thiophene rings is 1. The van der Waals surface area contributed by atoms with Gasteiger partial charge in [-0.05, 0) is 17.7 Å². The number of nitrogens with one attached hydrogen (secondary N) is 1. The van der Waals surface area contributed by atoms with Crippen molar-refractivity contribution in [2.24, 2.45) is 0 Å². The smallest absolute Gasteiger partial charge is 0.270 e. The predicted octanol–water partition coefficient (Wildman–Crippen LogP) is 6.97. The maximum Gasteiger partial charge on any atom is 0.270 e. The second-order valence-corrected chi connectivity index (χ2v) is 7.81. The lowest BCUT2D eigenvalue weighted by atomic mass is 10.1. The topological polar surface area (TPSA) is 81.0 Å². The largest absolute Gasteiger partial charge is 0.338 e. The molecule has 0 spiro atoms. The summed E-state index contributed by atoms with van der Waals surface area (Å²) in [5, 5.41) is 18.0. The second kappa shape index (κ2) is 7.52. The molecule has 0 saturated heterocycles. The van der Waals surface area contributed by atoms with E-state index < -0.39 is 4.92 Å². The highest BCUT2D eigenvalue weighted by Crippen LogP contribution is 2.40. The molecule has 0 saturated carbocycles. The number of fused-ring (bicyclic) bond motifs is 1. The first-order chi connectivity index (χ1) is 13.4. The molecule has 0 fully saturated rings. The SMILES string of the molecule is O=[N+]([O-])c1cccc(-c2csc3ncnc(Nc4cc(Cl)c(Cl)cc4Cl)c23)c1. The summed E-state index contributed by atoms with van der Waals surface area (Å²) in [6.45, 7) is 0. The molecule has 28 heavy (non-hydrogen) atoms. The fraction of sp³-hybridized carbons (Fsp3) is 0. The lowest BCUT2D eigenvalue weighted by molar-refractivity contribution is -0.384. The summed E-state index contributed by atoms with van der Waals surface area (Å²) >= 11 is 19.8. The van der Waals surface area contributed by atoms with Crippen molar-refractivity contribution in [3.8, 4) is 11.1 Å². The van der Waals surface area contributed by atoms with E-state index in [1.54, 1.807) is 24.3 Å². The van der Waals surface area contributed by atoms with E-state index in [1.807, 2.05) is 5.38 Å². The Morgan fingerprint density at radius 2 is 1.82 bits per heavy atom. The van der Waals surface area contributed by atoms with E-state index in [-0.39, 0.29) is 5.69 Å². The van der Waals surface area contributed by atoms with E-state index in [9.17, 15) is 10.1 Å². The number of nitro benzene ring substituents is 1. The molecule has 0 unspecified atom stereocenters. The van der Waals surface area contributed by atoms with E-state index in [4.69, 9.17) is 34.8 Å². The molecule has 4 rings (SSSR count). The summed E-state index contributed by atoms with van der Waals surface area (Å²) in [6.07, 6.45) is 1.43. The Kier molecular flexibility index (Phi) is 5.07. The standard InChI is InChI=1S/C18H9Cl3N4O2S/c19-12-5-14(21)15(6-13(12)20)24-17-16-11(7-28-18(16)23-8-22-17)9-2-1-3-10(4-9)25(26)27/h1-8H,(H,22,23,24). The van der Waals surface area contributed by atoms with Crippen molar-refractivity contribution in [1.29, 1.82) is 0 Å². The monoisotopic (exact) mass is 450 g/mol. The summed E-state index contributed by atoms with van der Waals surface area (Å²) in [5.41, 5.74) is 2.02. The van der Waals surface area contributed by atoms with Gasteiger partial charge in [0.15, 0.2) is 0 Å².